The van der Waals surface area contributed by atoms with Gasteiger partial charge in [0.05, 0.1) is 25.8 Å². The number of nitrogens with two attached hydrogens (primary N) is 2. The molecule has 2 aromatic rings. The highest BCUT2D eigenvalue weighted by molar-refractivity contribution is 5.60. The first kappa shape index (κ1) is 12.3. The molecule has 96 valence electrons. The average Bonchev–Trinajstić information content (AvgIpc) is 2.73. The highest BCUT2D eigenvalue weighted by Crippen LogP contribution is 2.23. The molecule has 0 radical (unpaired) electrons. The molecule has 5 heteroatoms. The maximum Gasteiger partial charge on any atom is 0.254 e. The molecule has 2 rings (SSSR count). The molecule has 0 unspecified atom stereocenters. The van der Waals surface area contributed by atoms with Gasteiger partial charge in [0.1, 0.15) is 18.1 Å². The molecule has 0 bridgehead atoms. The van der Waals surface area contributed by atoms with Crippen LogP contribution in [0.4, 0.5) is 11.4 Å². The Morgan fingerprint density at radius 1 is 1.33 bits per heavy atom. The molecular formula is C13H19N4O+. The van der Waals surface area contributed by atoms with E-state index < -0.39 is 0 Å². The van der Waals surface area contributed by atoms with Gasteiger partial charge in [-0.25, -0.2) is 9.55 Å². The number of hydrogen-bond donors (Lipinski definition) is 3. The van der Waals surface area contributed by atoms with Crippen molar-refractivity contribution in [2.45, 2.75) is 12.8 Å². The first-order chi connectivity index (χ1) is 8.66. The Kier molecular flexibility index (Phi) is 3.72. The maximum atomic E-state index is 5.81. The van der Waals surface area contributed by atoms with Gasteiger partial charge in [0, 0.05) is 5.69 Å². The first-order valence-electron chi connectivity index (χ1n) is 5.96. The standard InChI is InChI=1S/C13H18N4O/c1-17-7-6-16-13(17)3-2-8-18-12-5-4-10(14)9-11(12)15/h4-7,9H,2-3,8,14-15H2,1H3/p+1. The van der Waals surface area contributed by atoms with Gasteiger partial charge in [-0.2, -0.15) is 0 Å². The van der Waals surface area contributed by atoms with Crippen LogP contribution in [0.1, 0.15) is 12.2 Å². The van der Waals surface area contributed by atoms with Gasteiger partial charge >= 0.3 is 0 Å². The van der Waals surface area contributed by atoms with Gasteiger partial charge in [0.25, 0.3) is 5.82 Å². The summed E-state index contributed by atoms with van der Waals surface area (Å²) in [5.74, 6) is 1.88. The van der Waals surface area contributed by atoms with Crippen LogP contribution in [-0.4, -0.2) is 11.6 Å². The van der Waals surface area contributed by atoms with Crippen molar-refractivity contribution in [2.75, 3.05) is 18.1 Å². The van der Waals surface area contributed by atoms with Crippen molar-refractivity contribution in [1.82, 2.24) is 4.98 Å². The number of anilines is 2. The topological polar surface area (TPSA) is 80.9 Å². The van der Waals surface area contributed by atoms with Crippen LogP contribution in [0.25, 0.3) is 0 Å². The molecule has 1 heterocycles. The third kappa shape index (κ3) is 2.94. The molecule has 0 aliphatic rings. The number of aromatic amines is 1. The zero-order valence-corrected chi connectivity index (χ0v) is 10.5. The Morgan fingerprint density at radius 2 is 2.17 bits per heavy atom. The highest BCUT2D eigenvalue weighted by Gasteiger charge is 2.06. The number of rotatable bonds is 5. The van der Waals surface area contributed by atoms with Gasteiger partial charge in [0.15, 0.2) is 0 Å². The van der Waals surface area contributed by atoms with E-state index in [1.54, 1.807) is 18.2 Å². The van der Waals surface area contributed by atoms with Gasteiger partial charge in [-0.15, -0.1) is 0 Å². The van der Waals surface area contributed by atoms with Crippen molar-refractivity contribution >= 4 is 11.4 Å². The van der Waals surface area contributed by atoms with E-state index in [-0.39, 0.29) is 0 Å². The third-order valence-corrected chi connectivity index (χ3v) is 2.82. The zero-order valence-electron chi connectivity index (χ0n) is 10.5. The number of H-pyrrole nitrogens is 1. The Bertz CT molecular complexity index is 521. The van der Waals surface area contributed by atoms with Crippen LogP contribution in [0.3, 0.4) is 0 Å². The number of benzene rings is 1. The van der Waals surface area contributed by atoms with Crippen LogP contribution in [0, 0.1) is 0 Å². The number of nitrogen functional groups attached to an aromatic ring is 2. The fraction of sp³-hybridized carbons (Fsp3) is 0.308. The summed E-state index contributed by atoms with van der Waals surface area (Å²) >= 11 is 0. The number of nitrogens with one attached hydrogen (secondary N) is 1. The minimum atomic E-state index is 0.584. The van der Waals surface area contributed by atoms with Crippen molar-refractivity contribution in [2.24, 2.45) is 7.05 Å². The van der Waals surface area contributed by atoms with E-state index in [1.165, 1.54) is 5.82 Å². The smallest absolute Gasteiger partial charge is 0.254 e. The Balaban J connectivity index is 1.80. The number of hydrogen-bond acceptors (Lipinski definition) is 3. The molecule has 0 saturated heterocycles. The van der Waals surface area contributed by atoms with Crippen molar-refractivity contribution in [3.63, 3.8) is 0 Å². The maximum absolute atomic E-state index is 5.81. The van der Waals surface area contributed by atoms with Crippen molar-refractivity contribution in [1.29, 1.82) is 0 Å². The SMILES string of the molecule is C[n+]1cc[nH]c1CCCOc1ccc(N)cc1N. The Hall–Kier alpha value is -2.17. The lowest BCUT2D eigenvalue weighted by Gasteiger charge is -2.08. The molecule has 18 heavy (non-hydrogen) atoms. The molecule has 5 N–H and O–H groups in total. The molecule has 0 spiro atoms. The largest absolute Gasteiger partial charge is 0.491 e. The molecule has 5 nitrogen and oxygen atoms in total. The predicted octanol–water partition coefficient (Wildman–Crippen LogP) is 1.02. The second kappa shape index (κ2) is 5.44. The van der Waals surface area contributed by atoms with E-state index >= 15 is 0 Å². The predicted molar refractivity (Wildman–Crippen MR) is 71.1 cm³/mol. The van der Waals surface area contributed by atoms with Gasteiger partial charge in [-0.1, -0.05) is 0 Å². The molecule has 0 atom stereocenters. The summed E-state index contributed by atoms with van der Waals surface area (Å²) in [4.78, 5) is 3.19. The van der Waals surface area contributed by atoms with E-state index in [2.05, 4.69) is 9.55 Å². The van der Waals surface area contributed by atoms with E-state index in [0.717, 1.165) is 12.8 Å². The van der Waals surface area contributed by atoms with Crippen LogP contribution in [0.15, 0.2) is 30.6 Å². The molecule has 1 aromatic heterocycles. The summed E-state index contributed by atoms with van der Waals surface area (Å²) in [6.07, 6.45) is 5.79. The fourth-order valence-corrected chi connectivity index (χ4v) is 1.81. The number of imidazole rings is 1. The fourth-order valence-electron chi connectivity index (χ4n) is 1.81. The summed E-state index contributed by atoms with van der Waals surface area (Å²) in [5, 5.41) is 0. The van der Waals surface area contributed by atoms with Crippen molar-refractivity contribution in [3.05, 3.63) is 36.4 Å². The summed E-state index contributed by atoms with van der Waals surface area (Å²) in [6, 6.07) is 5.30. The lowest BCUT2D eigenvalue weighted by molar-refractivity contribution is -0.677. The minimum Gasteiger partial charge on any atom is -0.491 e. The van der Waals surface area contributed by atoms with E-state index in [4.69, 9.17) is 16.2 Å². The molecular weight excluding hydrogens is 228 g/mol. The molecule has 0 fully saturated rings. The summed E-state index contributed by atoms with van der Waals surface area (Å²) in [6.45, 7) is 0.632. The third-order valence-electron chi connectivity index (χ3n) is 2.82. The van der Waals surface area contributed by atoms with Gasteiger partial charge in [0.2, 0.25) is 0 Å². The van der Waals surface area contributed by atoms with Gasteiger partial charge < -0.3 is 16.2 Å². The molecule has 0 aliphatic heterocycles. The highest BCUT2D eigenvalue weighted by atomic mass is 16.5. The van der Waals surface area contributed by atoms with Crippen molar-refractivity contribution in [3.8, 4) is 5.75 Å². The minimum absolute atomic E-state index is 0.584. The number of aromatic nitrogens is 2. The number of aryl methyl sites for hydroxylation is 2. The second-order valence-corrected chi connectivity index (χ2v) is 4.27. The number of nitrogens with zero attached hydrogens (tertiary/aromatic N) is 1. The zero-order chi connectivity index (χ0) is 13.0. The molecule has 0 saturated carbocycles. The van der Waals surface area contributed by atoms with Crippen molar-refractivity contribution < 1.29 is 9.30 Å². The van der Waals surface area contributed by atoms with E-state index in [1.807, 2.05) is 19.4 Å². The normalized spacial score (nSPS) is 10.5. The lowest BCUT2D eigenvalue weighted by Crippen LogP contribution is -2.30. The summed E-state index contributed by atoms with van der Waals surface area (Å²) in [7, 11) is 2.02. The van der Waals surface area contributed by atoms with Crippen LogP contribution in [-0.2, 0) is 13.5 Å². The first-order valence-corrected chi connectivity index (χ1v) is 5.96. The lowest BCUT2D eigenvalue weighted by atomic mass is 10.2. The quantitative estimate of drug-likeness (QED) is 0.419. The second-order valence-electron chi connectivity index (χ2n) is 4.27. The Morgan fingerprint density at radius 3 is 2.83 bits per heavy atom. The van der Waals surface area contributed by atoms with E-state index in [9.17, 15) is 0 Å². The van der Waals surface area contributed by atoms with Gasteiger partial charge in [-0.05, 0) is 24.6 Å². The van der Waals surface area contributed by atoms with Crippen LogP contribution >= 0.6 is 0 Å². The molecule has 1 aromatic carbocycles. The van der Waals surface area contributed by atoms with Crippen LogP contribution in [0.2, 0.25) is 0 Å². The molecule has 0 amide bonds. The van der Waals surface area contributed by atoms with E-state index in [0.29, 0.717) is 23.7 Å². The van der Waals surface area contributed by atoms with Crippen LogP contribution in [0.5, 0.6) is 5.75 Å². The summed E-state index contributed by atoms with van der Waals surface area (Å²) in [5.41, 5.74) is 12.7. The number of ether oxygens (including phenoxy) is 1. The monoisotopic (exact) mass is 247 g/mol. The molecule has 0 aliphatic carbocycles. The van der Waals surface area contributed by atoms with Gasteiger partial charge in [-0.3, -0.25) is 0 Å². The summed E-state index contributed by atoms with van der Waals surface area (Å²) < 4.78 is 7.69. The Labute approximate surface area is 106 Å². The van der Waals surface area contributed by atoms with Crippen LogP contribution < -0.4 is 20.8 Å². The average molecular weight is 247 g/mol.